The first-order valence-electron chi connectivity index (χ1n) is 8.21. The molecule has 4 rings (SSSR count). The van der Waals surface area contributed by atoms with Crippen LogP contribution in [0, 0.1) is 11.6 Å². The van der Waals surface area contributed by atoms with Gasteiger partial charge < -0.3 is 30.4 Å². The predicted octanol–water partition coefficient (Wildman–Crippen LogP) is 1.30. The molecule has 28 heavy (non-hydrogen) atoms. The number of benzene rings is 1. The average molecular weight is 413 g/mol. The van der Waals surface area contributed by atoms with Crippen LogP contribution in [0.15, 0.2) is 30.6 Å². The molecule has 0 aliphatic carbocycles. The Kier molecular flexibility index (Phi) is 4.68. The van der Waals surface area contributed by atoms with Gasteiger partial charge in [0.25, 0.3) is 0 Å². The van der Waals surface area contributed by atoms with E-state index < -0.39 is 42.3 Å². The number of aromatic nitrogens is 3. The van der Waals surface area contributed by atoms with Crippen molar-refractivity contribution < 1.29 is 28.8 Å². The van der Waals surface area contributed by atoms with Crippen LogP contribution in [0.25, 0.3) is 11.0 Å². The van der Waals surface area contributed by atoms with Gasteiger partial charge in [-0.2, -0.15) is 4.98 Å². The van der Waals surface area contributed by atoms with E-state index in [9.17, 15) is 24.1 Å². The molecule has 0 amide bonds. The monoisotopic (exact) mass is 412 g/mol. The van der Waals surface area contributed by atoms with Crippen LogP contribution < -0.4 is 5.73 Å². The van der Waals surface area contributed by atoms with Crippen molar-refractivity contribution in [2.45, 2.75) is 30.6 Å². The van der Waals surface area contributed by atoms with Crippen molar-refractivity contribution in [2.24, 2.45) is 0 Å². The summed E-state index contributed by atoms with van der Waals surface area (Å²) in [4.78, 5) is 7.65. The Bertz CT molecular complexity index is 1050. The van der Waals surface area contributed by atoms with E-state index in [1.165, 1.54) is 18.3 Å². The normalized spacial score (nSPS) is 26.1. The van der Waals surface area contributed by atoms with Crippen molar-refractivity contribution in [3.05, 3.63) is 52.8 Å². The lowest BCUT2D eigenvalue weighted by atomic mass is 9.99. The Balaban J connectivity index is 1.68. The maximum absolute atomic E-state index is 14.2. The van der Waals surface area contributed by atoms with Crippen molar-refractivity contribution in [1.82, 2.24) is 14.5 Å². The third kappa shape index (κ3) is 2.99. The summed E-state index contributed by atoms with van der Waals surface area (Å²) in [6.45, 7) is 0. The molecule has 0 unspecified atom stereocenters. The smallest absolute Gasteiger partial charge is 0.221 e. The number of nitrogens with zero attached hydrogens (tertiary/aromatic N) is 3. The van der Waals surface area contributed by atoms with Crippen LogP contribution in [0.4, 0.5) is 14.7 Å². The number of hydrogen-bond acceptors (Lipinski definition) is 7. The van der Waals surface area contributed by atoms with Crippen LogP contribution in [0.1, 0.15) is 17.9 Å². The third-order valence-electron chi connectivity index (χ3n) is 4.69. The van der Waals surface area contributed by atoms with Gasteiger partial charge in [-0.05, 0) is 17.7 Å². The van der Waals surface area contributed by atoms with E-state index in [4.69, 9.17) is 22.1 Å². The van der Waals surface area contributed by atoms with Crippen molar-refractivity contribution in [2.75, 3.05) is 5.73 Å². The van der Waals surface area contributed by atoms with Gasteiger partial charge in [0.15, 0.2) is 17.7 Å². The van der Waals surface area contributed by atoms with Crippen molar-refractivity contribution in [1.29, 1.82) is 0 Å². The topological polar surface area (TPSA) is 127 Å². The van der Waals surface area contributed by atoms with Crippen LogP contribution in [0.3, 0.4) is 0 Å². The second kappa shape index (κ2) is 6.90. The van der Waals surface area contributed by atoms with Crippen LogP contribution in [0.2, 0.25) is 5.02 Å². The first-order valence-corrected chi connectivity index (χ1v) is 8.59. The zero-order valence-corrected chi connectivity index (χ0v) is 14.8. The molecule has 11 heteroatoms. The number of anilines is 1. The van der Waals surface area contributed by atoms with E-state index >= 15 is 0 Å². The highest BCUT2D eigenvalue weighted by molar-refractivity contribution is 6.30. The van der Waals surface area contributed by atoms with Gasteiger partial charge in [0, 0.05) is 12.4 Å². The predicted molar refractivity (Wildman–Crippen MR) is 94.2 cm³/mol. The molecule has 1 fully saturated rings. The maximum atomic E-state index is 14.2. The van der Waals surface area contributed by atoms with E-state index in [1.54, 1.807) is 0 Å². The molecule has 0 radical (unpaired) electrons. The number of aliphatic hydroxyl groups is 3. The van der Waals surface area contributed by atoms with Gasteiger partial charge in [0.1, 0.15) is 30.2 Å². The number of ether oxygens (including phenoxy) is 1. The van der Waals surface area contributed by atoms with Crippen molar-refractivity contribution in [3.8, 4) is 0 Å². The van der Waals surface area contributed by atoms with Crippen LogP contribution in [-0.4, -0.2) is 48.2 Å². The Morgan fingerprint density at radius 2 is 1.96 bits per heavy atom. The van der Waals surface area contributed by atoms with Gasteiger partial charge in [-0.25, -0.2) is 13.8 Å². The van der Waals surface area contributed by atoms with Crippen LogP contribution in [0.5, 0.6) is 0 Å². The first-order chi connectivity index (χ1) is 13.3. The molecule has 0 spiro atoms. The summed E-state index contributed by atoms with van der Waals surface area (Å²) in [6, 6.07) is 3.62. The molecule has 148 valence electrons. The Labute approximate surface area is 161 Å². The summed E-state index contributed by atoms with van der Waals surface area (Å²) < 4.78 is 34.6. The molecule has 3 heterocycles. The number of hydrogen-bond donors (Lipinski definition) is 4. The second-order valence-corrected chi connectivity index (χ2v) is 6.85. The lowest BCUT2D eigenvalue weighted by Gasteiger charge is -2.21. The molecule has 1 aromatic carbocycles. The minimum absolute atomic E-state index is 0.0447. The number of rotatable bonds is 3. The van der Waals surface area contributed by atoms with E-state index in [2.05, 4.69) is 9.97 Å². The lowest BCUT2D eigenvalue weighted by molar-refractivity contribution is -0.0850. The largest absolute Gasteiger partial charge is 0.387 e. The molecule has 1 aliphatic rings. The summed E-state index contributed by atoms with van der Waals surface area (Å²) in [5.41, 5.74) is 5.69. The fourth-order valence-corrected chi connectivity index (χ4v) is 3.38. The minimum Gasteiger partial charge on any atom is -0.387 e. The Hall–Kier alpha value is -2.37. The van der Waals surface area contributed by atoms with Gasteiger partial charge in [-0.3, -0.25) is 0 Å². The van der Waals surface area contributed by atoms with Gasteiger partial charge in [-0.1, -0.05) is 17.7 Å². The lowest BCUT2D eigenvalue weighted by Crippen LogP contribution is -2.34. The molecule has 0 saturated carbocycles. The van der Waals surface area contributed by atoms with Crippen LogP contribution in [-0.2, 0) is 4.74 Å². The Morgan fingerprint density at radius 1 is 1.21 bits per heavy atom. The van der Waals surface area contributed by atoms with E-state index in [-0.39, 0.29) is 27.6 Å². The quantitative estimate of drug-likeness (QED) is 0.510. The van der Waals surface area contributed by atoms with E-state index in [0.717, 1.165) is 16.8 Å². The molecular formula is C17H15ClF2N4O4. The second-order valence-electron chi connectivity index (χ2n) is 6.44. The molecular weight excluding hydrogens is 398 g/mol. The van der Waals surface area contributed by atoms with E-state index in [1.807, 2.05) is 0 Å². The summed E-state index contributed by atoms with van der Waals surface area (Å²) in [5, 5.41) is 31.2. The molecule has 1 aliphatic heterocycles. The minimum atomic E-state index is -1.54. The zero-order valence-electron chi connectivity index (χ0n) is 14.1. The third-order valence-corrected chi connectivity index (χ3v) is 4.99. The van der Waals surface area contributed by atoms with Gasteiger partial charge >= 0.3 is 0 Å². The standard InChI is InChI=1S/C17H15ClF2N4O4/c18-8-2-1-6(3-9(8)19)11(25)14-12(26)13(27)16(28-14)24-5-10(20)7-4-22-17(21)23-15(7)24/h1-5,11-14,16,25-27H,(H2,21,22,23)/t11-,12+,13-,14-,16-/m1/s1. The summed E-state index contributed by atoms with van der Waals surface area (Å²) in [7, 11) is 0. The number of nitrogen functional groups attached to an aromatic ring is 1. The van der Waals surface area contributed by atoms with Gasteiger partial charge in [-0.15, -0.1) is 0 Å². The highest BCUT2D eigenvalue weighted by Gasteiger charge is 2.47. The molecule has 5 atom stereocenters. The maximum Gasteiger partial charge on any atom is 0.221 e. The fraction of sp³-hybridized carbons (Fsp3) is 0.294. The molecule has 1 saturated heterocycles. The first kappa shape index (κ1) is 19.0. The number of nitrogens with two attached hydrogens (primary N) is 1. The van der Waals surface area contributed by atoms with E-state index in [0.29, 0.717) is 0 Å². The summed E-state index contributed by atoms with van der Waals surface area (Å²) >= 11 is 5.63. The molecule has 5 N–H and O–H groups in total. The molecule has 3 aromatic rings. The highest BCUT2D eigenvalue weighted by Crippen LogP contribution is 2.38. The highest BCUT2D eigenvalue weighted by atomic mass is 35.5. The van der Waals surface area contributed by atoms with Crippen molar-refractivity contribution >= 4 is 28.6 Å². The number of fused-ring (bicyclic) bond motifs is 1. The van der Waals surface area contributed by atoms with Crippen LogP contribution >= 0.6 is 11.6 Å². The average Bonchev–Trinajstić information content (AvgIpc) is 3.14. The number of halogens is 3. The summed E-state index contributed by atoms with van der Waals surface area (Å²) in [5.74, 6) is -1.55. The van der Waals surface area contributed by atoms with Crippen molar-refractivity contribution in [3.63, 3.8) is 0 Å². The molecule has 2 aromatic heterocycles. The SMILES string of the molecule is Nc1ncc2c(F)cn([C@@H]3O[C@H]([C@H](O)c4ccc(Cl)c(F)c4)[C@@H](O)[C@H]3O)c2n1. The van der Waals surface area contributed by atoms with Gasteiger partial charge in [0.05, 0.1) is 10.4 Å². The fourth-order valence-electron chi connectivity index (χ4n) is 3.26. The molecule has 8 nitrogen and oxygen atoms in total. The zero-order chi connectivity index (χ0) is 20.2. The molecule has 0 bridgehead atoms. The summed E-state index contributed by atoms with van der Waals surface area (Å²) in [6.07, 6.45) is -4.93. The Morgan fingerprint density at radius 3 is 2.68 bits per heavy atom. The van der Waals surface area contributed by atoms with Gasteiger partial charge in [0.2, 0.25) is 5.95 Å². The number of aliphatic hydroxyl groups excluding tert-OH is 3.